The van der Waals surface area contributed by atoms with Crippen molar-refractivity contribution in [1.82, 2.24) is 9.55 Å². The standard InChI is InChI=1S/C19H14ClN3O4/c1-26-16-7-6-12(20)10-14(16)19(25)27-11-17-22-15-5-3-2-4-13(15)18(24)23(17)9-8-21/h2-7,10H,9,11H2,1H3. The van der Waals surface area contributed by atoms with Crippen molar-refractivity contribution in [2.45, 2.75) is 13.2 Å². The lowest BCUT2D eigenvalue weighted by Gasteiger charge is -2.12. The number of hydrogen-bond donors (Lipinski definition) is 0. The van der Waals surface area contributed by atoms with Crippen LogP contribution >= 0.6 is 11.6 Å². The fourth-order valence-corrected chi connectivity index (χ4v) is 2.78. The Morgan fingerprint density at radius 1 is 1.30 bits per heavy atom. The van der Waals surface area contributed by atoms with Gasteiger partial charge in [0.2, 0.25) is 0 Å². The monoisotopic (exact) mass is 383 g/mol. The van der Waals surface area contributed by atoms with Crippen molar-refractivity contribution in [3.05, 3.63) is 69.2 Å². The number of carbonyl (C=O) groups is 1. The molecule has 0 bridgehead atoms. The first kappa shape index (κ1) is 18.4. The average Bonchev–Trinajstić information content (AvgIpc) is 2.68. The molecule has 0 saturated heterocycles. The van der Waals surface area contributed by atoms with Crippen LogP contribution in [0.15, 0.2) is 47.3 Å². The summed E-state index contributed by atoms with van der Waals surface area (Å²) in [6.07, 6.45) is 0. The minimum Gasteiger partial charge on any atom is -0.496 e. The molecule has 0 aliphatic heterocycles. The van der Waals surface area contributed by atoms with E-state index in [4.69, 9.17) is 26.3 Å². The minimum atomic E-state index is -0.680. The maximum Gasteiger partial charge on any atom is 0.342 e. The van der Waals surface area contributed by atoms with Gasteiger partial charge in [-0.15, -0.1) is 0 Å². The van der Waals surface area contributed by atoms with Crippen LogP contribution in [0.2, 0.25) is 5.02 Å². The van der Waals surface area contributed by atoms with Gasteiger partial charge in [-0.2, -0.15) is 5.26 Å². The molecule has 8 heteroatoms. The molecule has 0 aliphatic rings. The maximum atomic E-state index is 12.6. The molecule has 27 heavy (non-hydrogen) atoms. The molecule has 0 saturated carbocycles. The molecule has 2 aromatic carbocycles. The summed E-state index contributed by atoms with van der Waals surface area (Å²) >= 11 is 5.93. The Morgan fingerprint density at radius 2 is 2.07 bits per heavy atom. The number of carbonyl (C=O) groups excluding carboxylic acids is 1. The SMILES string of the molecule is COc1ccc(Cl)cc1C(=O)OCc1nc2ccccc2c(=O)n1CC#N. The molecule has 0 unspecified atom stereocenters. The van der Waals surface area contributed by atoms with E-state index in [1.54, 1.807) is 36.4 Å². The number of methoxy groups -OCH3 is 1. The first-order valence-corrected chi connectivity index (χ1v) is 8.29. The molecule has 1 aromatic heterocycles. The summed E-state index contributed by atoms with van der Waals surface area (Å²) in [6.45, 7) is -0.486. The number of aromatic nitrogens is 2. The predicted molar refractivity (Wildman–Crippen MR) is 98.7 cm³/mol. The molecule has 3 rings (SSSR count). The number of rotatable bonds is 5. The minimum absolute atomic E-state index is 0.153. The lowest BCUT2D eigenvalue weighted by atomic mass is 10.2. The van der Waals surface area contributed by atoms with E-state index >= 15 is 0 Å². The Balaban J connectivity index is 1.94. The molecule has 136 valence electrons. The van der Waals surface area contributed by atoms with Crippen molar-refractivity contribution in [3.63, 3.8) is 0 Å². The van der Waals surface area contributed by atoms with E-state index < -0.39 is 5.97 Å². The van der Waals surface area contributed by atoms with Crippen molar-refractivity contribution in [1.29, 1.82) is 5.26 Å². The van der Waals surface area contributed by atoms with Crippen LogP contribution in [0.1, 0.15) is 16.2 Å². The van der Waals surface area contributed by atoms with Gasteiger partial charge < -0.3 is 9.47 Å². The summed E-state index contributed by atoms with van der Waals surface area (Å²) in [7, 11) is 1.43. The fraction of sp³-hybridized carbons (Fsp3) is 0.158. The molecule has 1 heterocycles. The van der Waals surface area contributed by atoms with Gasteiger partial charge in [-0.05, 0) is 30.3 Å². The first-order chi connectivity index (χ1) is 13.0. The fourth-order valence-electron chi connectivity index (χ4n) is 2.61. The molecule has 0 atom stereocenters. The lowest BCUT2D eigenvalue weighted by molar-refractivity contribution is 0.0453. The van der Waals surface area contributed by atoms with E-state index in [9.17, 15) is 9.59 Å². The second-order valence-electron chi connectivity index (χ2n) is 5.52. The number of hydrogen-bond acceptors (Lipinski definition) is 6. The van der Waals surface area contributed by atoms with E-state index in [-0.39, 0.29) is 30.1 Å². The van der Waals surface area contributed by atoms with Gasteiger partial charge in [-0.25, -0.2) is 9.78 Å². The van der Waals surface area contributed by atoms with Gasteiger partial charge in [0, 0.05) is 5.02 Å². The number of fused-ring (bicyclic) bond motifs is 1. The largest absolute Gasteiger partial charge is 0.496 e. The van der Waals surface area contributed by atoms with Crippen LogP contribution in [-0.2, 0) is 17.9 Å². The maximum absolute atomic E-state index is 12.6. The van der Waals surface area contributed by atoms with Crippen LogP contribution in [-0.4, -0.2) is 22.6 Å². The molecule has 0 aliphatic carbocycles. The third-order valence-corrected chi connectivity index (χ3v) is 4.12. The smallest absolute Gasteiger partial charge is 0.342 e. The van der Waals surface area contributed by atoms with Crippen molar-refractivity contribution >= 4 is 28.5 Å². The normalized spacial score (nSPS) is 10.4. The van der Waals surface area contributed by atoms with Crippen molar-refractivity contribution in [3.8, 4) is 11.8 Å². The molecular weight excluding hydrogens is 370 g/mol. The van der Waals surface area contributed by atoms with E-state index in [0.29, 0.717) is 21.7 Å². The molecule has 0 spiro atoms. The number of nitrogens with zero attached hydrogens (tertiary/aromatic N) is 3. The number of esters is 1. The van der Waals surface area contributed by atoms with Crippen molar-refractivity contribution in [2.24, 2.45) is 0 Å². The third-order valence-electron chi connectivity index (χ3n) is 3.88. The van der Waals surface area contributed by atoms with Gasteiger partial charge in [0.1, 0.15) is 24.5 Å². The van der Waals surface area contributed by atoms with Gasteiger partial charge in [0.05, 0.1) is 24.1 Å². The molecule has 0 fully saturated rings. The molecule has 7 nitrogen and oxygen atoms in total. The Morgan fingerprint density at radius 3 is 2.81 bits per heavy atom. The zero-order valence-electron chi connectivity index (χ0n) is 14.3. The second kappa shape index (κ2) is 7.89. The third kappa shape index (κ3) is 3.76. The second-order valence-corrected chi connectivity index (χ2v) is 5.95. The lowest BCUT2D eigenvalue weighted by Crippen LogP contribution is -2.26. The van der Waals surface area contributed by atoms with Crippen LogP contribution in [0.3, 0.4) is 0 Å². The Bertz CT molecular complexity index is 1120. The van der Waals surface area contributed by atoms with E-state index in [1.165, 1.54) is 17.7 Å². The topological polar surface area (TPSA) is 94.2 Å². The zero-order valence-corrected chi connectivity index (χ0v) is 15.1. The molecular formula is C19H14ClN3O4. The summed E-state index contributed by atoms with van der Waals surface area (Å²) in [5.74, 6) is -0.194. The van der Waals surface area contributed by atoms with Gasteiger partial charge in [0.15, 0.2) is 5.82 Å². The van der Waals surface area contributed by atoms with Crippen LogP contribution < -0.4 is 10.3 Å². The van der Waals surface area contributed by atoms with Crippen molar-refractivity contribution in [2.75, 3.05) is 7.11 Å². The van der Waals surface area contributed by atoms with E-state index in [1.807, 2.05) is 6.07 Å². The highest BCUT2D eigenvalue weighted by molar-refractivity contribution is 6.31. The number of para-hydroxylation sites is 1. The Labute approximate surface area is 159 Å². The number of ether oxygens (including phenoxy) is 2. The highest BCUT2D eigenvalue weighted by Crippen LogP contribution is 2.23. The number of nitriles is 1. The van der Waals surface area contributed by atoms with Gasteiger partial charge in [-0.1, -0.05) is 23.7 Å². The molecule has 3 aromatic rings. The zero-order chi connectivity index (χ0) is 19.4. The summed E-state index contributed by atoms with van der Waals surface area (Å²) in [5, 5.41) is 9.76. The highest BCUT2D eigenvalue weighted by Gasteiger charge is 2.17. The summed E-state index contributed by atoms with van der Waals surface area (Å²) in [4.78, 5) is 29.4. The Hall–Kier alpha value is -3.37. The predicted octanol–water partition coefficient (Wildman–Crippen LogP) is 2.94. The summed E-state index contributed by atoms with van der Waals surface area (Å²) < 4.78 is 11.6. The molecule has 0 N–H and O–H groups in total. The number of benzene rings is 2. The first-order valence-electron chi connectivity index (χ1n) is 7.91. The van der Waals surface area contributed by atoms with E-state index in [2.05, 4.69) is 4.98 Å². The van der Waals surface area contributed by atoms with Gasteiger partial charge in [0.25, 0.3) is 5.56 Å². The van der Waals surface area contributed by atoms with Crippen LogP contribution in [0, 0.1) is 11.3 Å². The van der Waals surface area contributed by atoms with Gasteiger partial charge >= 0.3 is 5.97 Å². The van der Waals surface area contributed by atoms with Gasteiger partial charge in [-0.3, -0.25) is 9.36 Å². The van der Waals surface area contributed by atoms with Crippen LogP contribution in [0.5, 0.6) is 5.75 Å². The Kier molecular flexibility index (Phi) is 5.38. The van der Waals surface area contributed by atoms with E-state index in [0.717, 1.165) is 0 Å². The molecule has 0 amide bonds. The average molecular weight is 384 g/mol. The van der Waals surface area contributed by atoms with Crippen LogP contribution in [0.25, 0.3) is 10.9 Å². The quantitative estimate of drug-likeness (QED) is 0.629. The summed E-state index contributed by atoms with van der Waals surface area (Å²) in [6, 6.07) is 13.3. The van der Waals surface area contributed by atoms with Crippen molar-refractivity contribution < 1.29 is 14.3 Å². The molecule has 0 radical (unpaired) electrons. The number of halogens is 1. The van der Waals surface area contributed by atoms with Crippen LogP contribution in [0.4, 0.5) is 0 Å². The summed E-state index contributed by atoms with van der Waals surface area (Å²) in [5.41, 5.74) is 0.247. The highest BCUT2D eigenvalue weighted by atomic mass is 35.5.